The number of rotatable bonds is 5. The highest BCUT2D eigenvalue weighted by Gasteiger charge is 2.33. The van der Waals surface area contributed by atoms with E-state index in [0.717, 1.165) is 29.5 Å². The second-order valence-electron chi connectivity index (χ2n) is 6.32. The summed E-state index contributed by atoms with van der Waals surface area (Å²) in [4.78, 5) is 23.2. The van der Waals surface area contributed by atoms with Gasteiger partial charge in [-0.2, -0.15) is 0 Å². The fourth-order valence-corrected chi connectivity index (χ4v) is 2.97. The van der Waals surface area contributed by atoms with Crippen LogP contribution in [-0.4, -0.2) is 26.8 Å². The predicted molar refractivity (Wildman–Crippen MR) is 96.8 cm³/mol. The lowest BCUT2D eigenvalue weighted by atomic mass is 10.0. The van der Waals surface area contributed by atoms with E-state index in [1.807, 2.05) is 41.4 Å². The van der Waals surface area contributed by atoms with Gasteiger partial charge in [0.25, 0.3) is 5.91 Å². The van der Waals surface area contributed by atoms with Crippen LogP contribution in [-0.2, 0) is 6.54 Å². The molecule has 4 rings (SSSR count). The molecular formula is C21H19N3O. The molecule has 4 nitrogen and oxygen atoms in total. The highest BCUT2D eigenvalue weighted by Crippen LogP contribution is 2.30. The summed E-state index contributed by atoms with van der Waals surface area (Å²) in [6, 6.07) is 18.1. The Hall–Kier alpha value is -3.01. The topological polar surface area (TPSA) is 46.1 Å². The predicted octanol–water partition coefficient (Wildman–Crippen LogP) is 3.95. The van der Waals surface area contributed by atoms with Gasteiger partial charge in [0.05, 0.1) is 0 Å². The van der Waals surface area contributed by atoms with Crippen LogP contribution in [0.25, 0.3) is 11.1 Å². The molecule has 0 saturated heterocycles. The summed E-state index contributed by atoms with van der Waals surface area (Å²) in [7, 11) is 0. The molecule has 1 aliphatic carbocycles. The summed E-state index contributed by atoms with van der Waals surface area (Å²) in [5.41, 5.74) is 3.83. The molecular weight excluding hydrogens is 310 g/mol. The smallest absolute Gasteiger partial charge is 0.272 e. The third-order valence-electron chi connectivity index (χ3n) is 4.41. The van der Waals surface area contributed by atoms with E-state index in [1.165, 1.54) is 0 Å². The molecule has 3 aromatic rings. The van der Waals surface area contributed by atoms with Crippen LogP contribution in [0, 0.1) is 0 Å². The Labute approximate surface area is 147 Å². The molecule has 0 aliphatic heterocycles. The number of benzene rings is 1. The van der Waals surface area contributed by atoms with Crippen molar-refractivity contribution in [1.82, 2.24) is 14.9 Å². The summed E-state index contributed by atoms with van der Waals surface area (Å²) < 4.78 is 0. The first-order chi connectivity index (χ1) is 12.3. The molecule has 124 valence electrons. The van der Waals surface area contributed by atoms with Crippen molar-refractivity contribution in [3.63, 3.8) is 0 Å². The second-order valence-corrected chi connectivity index (χ2v) is 6.32. The maximum absolute atomic E-state index is 12.8. The normalized spacial score (nSPS) is 13.4. The lowest BCUT2D eigenvalue weighted by Crippen LogP contribution is -2.33. The largest absolute Gasteiger partial charge is 0.330 e. The molecule has 1 aliphatic rings. The van der Waals surface area contributed by atoms with E-state index in [4.69, 9.17) is 0 Å². The summed E-state index contributed by atoms with van der Waals surface area (Å²) >= 11 is 0. The Kier molecular flexibility index (Phi) is 4.25. The third kappa shape index (κ3) is 3.58. The van der Waals surface area contributed by atoms with Crippen molar-refractivity contribution in [2.45, 2.75) is 25.4 Å². The molecule has 0 spiro atoms. The summed E-state index contributed by atoms with van der Waals surface area (Å²) in [6.45, 7) is 0.605. The molecule has 0 unspecified atom stereocenters. The van der Waals surface area contributed by atoms with Crippen molar-refractivity contribution >= 4 is 5.91 Å². The van der Waals surface area contributed by atoms with E-state index in [2.05, 4.69) is 28.2 Å². The Balaban J connectivity index is 1.58. The number of carbonyl (C=O) groups excluding carboxylic acids is 1. The van der Waals surface area contributed by atoms with Crippen LogP contribution in [0.5, 0.6) is 0 Å². The van der Waals surface area contributed by atoms with Crippen molar-refractivity contribution in [2.75, 3.05) is 0 Å². The average molecular weight is 329 g/mol. The molecule has 2 heterocycles. The van der Waals surface area contributed by atoms with E-state index in [-0.39, 0.29) is 5.91 Å². The van der Waals surface area contributed by atoms with Crippen molar-refractivity contribution in [1.29, 1.82) is 0 Å². The maximum Gasteiger partial charge on any atom is 0.272 e. The zero-order valence-electron chi connectivity index (χ0n) is 13.9. The number of amides is 1. The third-order valence-corrected chi connectivity index (χ3v) is 4.41. The SMILES string of the molecule is O=C(c1ccccn1)N(Cc1cccc(-c2cccnc2)c1)C1CC1. The van der Waals surface area contributed by atoms with Gasteiger partial charge in [-0.15, -0.1) is 0 Å². The number of hydrogen-bond acceptors (Lipinski definition) is 3. The first-order valence-electron chi connectivity index (χ1n) is 8.52. The Morgan fingerprint density at radius 3 is 2.60 bits per heavy atom. The average Bonchev–Trinajstić information content (AvgIpc) is 3.52. The first kappa shape index (κ1) is 15.5. The van der Waals surface area contributed by atoms with Gasteiger partial charge in [0.2, 0.25) is 0 Å². The van der Waals surface area contributed by atoms with Gasteiger partial charge >= 0.3 is 0 Å². The van der Waals surface area contributed by atoms with E-state index < -0.39 is 0 Å². The van der Waals surface area contributed by atoms with Crippen LogP contribution in [0.3, 0.4) is 0 Å². The minimum Gasteiger partial charge on any atom is -0.330 e. The molecule has 1 fully saturated rings. The number of aromatic nitrogens is 2. The van der Waals surface area contributed by atoms with Crippen LogP contribution < -0.4 is 0 Å². The maximum atomic E-state index is 12.8. The molecule has 2 aromatic heterocycles. The molecule has 25 heavy (non-hydrogen) atoms. The van der Waals surface area contributed by atoms with Crippen LogP contribution in [0.1, 0.15) is 28.9 Å². The molecule has 1 saturated carbocycles. The molecule has 1 aromatic carbocycles. The van der Waals surface area contributed by atoms with Crippen molar-refractivity contribution in [3.05, 3.63) is 84.4 Å². The summed E-state index contributed by atoms with van der Waals surface area (Å²) in [5, 5.41) is 0. The van der Waals surface area contributed by atoms with Crippen molar-refractivity contribution < 1.29 is 4.79 Å². The van der Waals surface area contributed by atoms with Crippen LogP contribution in [0.2, 0.25) is 0 Å². The molecule has 1 amide bonds. The van der Waals surface area contributed by atoms with Crippen molar-refractivity contribution in [2.24, 2.45) is 0 Å². The number of hydrogen-bond donors (Lipinski definition) is 0. The first-order valence-corrected chi connectivity index (χ1v) is 8.52. The fraction of sp³-hybridized carbons (Fsp3) is 0.190. The quantitative estimate of drug-likeness (QED) is 0.712. The zero-order valence-corrected chi connectivity index (χ0v) is 13.9. The van der Waals surface area contributed by atoms with E-state index in [9.17, 15) is 4.79 Å². The fourth-order valence-electron chi connectivity index (χ4n) is 2.97. The zero-order chi connectivity index (χ0) is 17.1. The number of nitrogens with zero attached hydrogens (tertiary/aromatic N) is 3. The van der Waals surface area contributed by atoms with Gasteiger partial charge in [-0.05, 0) is 53.8 Å². The molecule has 4 heteroatoms. The van der Waals surface area contributed by atoms with E-state index >= 15 is 0 Å². The van der Waals surface area contributed by atoms with Gasteiger partial charge in [-0.25, -0.2) is 0 Å². The van der Waals surface area contributed by atoms with E-state index in [0.29, 0.717) is 18.3 Å². The molecule has 0 N–H and O–H groups in total. The van der Waals surface area contributed by atoms with E-state index in [1.54, 1.807) is 18.5 Å². The van der Waals surface area contributed by atoms with Gasteiger partial charge in [0.1, 0.15) is 5.69 Å². The van der Waals surface area contributed by atoms with Gasteiger partial charge in [-0.3, -0.25) is 14.8 Å². The van der Waals surface area contributed by atoms with Crippen LogP contribution in [0.15, 0.2) is 73.2 Å². The summed E-state index contributed by atoms with van der Waals surface area (Å²) in [6.07, 6.45) is 7.44. The second kappa shape index (κ2) is 6.85. The number of carbonyl (C=O) groups is 1. The highest BCUT2D eigenvalue weighted by molar-refractivity contribution is 5.92. The minimum atomic E-state index is 0.00915. The highest BCUT2D eigenvalue weighted by atomic mass is 16.2. The van der Waals surface area contributed by atoms with Gasteiger partial charge < -0.3 is 4.90 Å². The lowest BCUT2D eigenvalue weighted by Gasteiger charge is -2.22. The molecule has 0 atom stereocenters. The van der Waals surface area contributed by atoms with Gasteiger partial charge in [-0.1, -0.05) is 30.3 Å². The lowest BCUT2D eigenvalue weighted by molar-refractivity contribution is 0.0724. The molecule has 0 bridgehead atoms. The van der Waals surface area contributed by atoms with Crippen LogP contribution in [0.4, 0.5) is 0 Å². The number of pyridine rings is 2. The minimum absolute atomic E-state index is 0.00915. The molecule has 0 radical (unpaired) electrons. The Morgan fingerprint density at radius 2 is 1.88 bits per heavy atom. The summed E-state index contributed by atoms with van der Waals surface area (Å²) in [5.74, 6) is 0.00915. The standard InChI is InChI=1S/C21H19N3O/c25-21(20-8-1-2-12-23-20)24(19-9-10-19)15-16-5-3-6-17(13-16)18-7-4-11-22-14-18/h1-8,11-14,19H,9-10,15H2. The van der Waals surface area contributed by atoms with Gasteiger partial charge in [0.15, 0.2) is 0 Å². The monoisotopic (exact) mass is 329 g/mol. The Morgan fingerprint density at radius 1 is 1.00 bits per heavy atom. The van der Waals surface area contributed by atoms with Crippen molar-refractivity contribution in [3.8, 4) is 11.1 Å². The Bertz CT molecular complexity index is 861. The van der Waals surface area contributed by atoms with Gasteiger partial charge in [0, 0.05) is 31.2 Å². The van der Waals surface area contributed by atoms with Crippen LogP contribution >= 0.6 is 0 Å².